The maximum absolute atomic E-state index is 12.5. The molecule has 0 saturated heterocycles. The van der Waals surface area contributed by atoms with Gasteiger partial charge in [0, 0.05) is 35.4 Å². The fraction of sp³-hybridized carbons (Fsp3) is 0.565. The van der Waals surface area contributed by atoms with Crippen molar-refractivity contribution in [1.29, 1.82) is 0 Å². The number of anilines is 1. The molecule has 6 rings (SSSR count). The summed E-state index contributed by atoms with van der Waals surface area (Å²) in [5.74, 6) is 2.11. The number of benzene rings is 2. The Hall–Kier alpha value is -3.47. The third-order valence-corrected chi connectivity index (χ3v) is 14.8. The Morgan fingerprint density at radius 3 is 2.11 bits per heavy atom. The summed E-state index contributed by atoms with van der Waals surface area (Å²) in [5, 5.41) is 2.93. The van der Waals surface area contributed by atoms with Crippen molar-refractivity contribution in [2.45, 2.75) is 137 Å². The molecule has 1 amide bonds. The van der Waals surface area contributed by atoms with Gasteiger partial charge in [-0.3, -0.25) is 9.59 Å². The van der Waals surface area contributed by atoms with Gasteiger partial charge in [0.25, 0.3) is 0 Å². The van der Waals surface area contributed by atoms with Gasteiger partial charge in [0.2, 0.25) is 5.91 Å². The first-order valence-electron chi connectivity index (χ1n) is 19.2. The van der Waals surface area contributed by atoms with Crippen LogP contribution >= 0.6 is 11.8 Å². The van der Waals surface area contributed by atoms with Crippen LogP contribution in [0.1, 0.15) is 136 Å². The summed E-state index contributed by atoms with van der Waals surface area (Å²) in [6.45, 7) is 24.3. The molecule has 3 fully saturated rings. The van der Waals surface area contributed by atoms with Crippen LogP contribution in [0.25, 0.3) is 0 Å². The Kier molecular flexibility index (Phi) is 12.5. The van der Waals surface area contributed by atoms with E-state index in [-0.39, 0.29) is 33.4 Å². The molecular weight excluding hydrogens is 677 g/mol. The third kappa shape index (κ3) is 7.61. The predicted octanol–water partition coefficient (Wildman–Crippen LogP) is 11.5. The maximum atomic E-state index is 12.5. The van der Waals surface area contributed by atoms with Crippen molar-refractivity contribution in [3.63, 3.8) is 0 Å². The zero-order valence-electron chi connectivity index (χ0n) is 34.4. The van der Waals surface area contributed by atoms with Gasteiger partial charge < -0.3 is 20.5 Å². The number of carbonyl (C=O) groups is 2. The van der Waals surface area contributed by atoms with Gasteiger partial charge in [0.05, 0.1) is 11.0 Å². The fourth-order valence-corrected chi connectivity index (χ4v) is 11.7. The Bertz CT molecular complexity index is 1790. The van der Waals surface area contributed by atoms with Crippen molar-refractivity contribution in [1.82, 2.24) is 0 Å². The van der Waals surface area contributed by atoms with E-state index in [1.54, 1.807) is 5.57 Å². The van der Waals surface area contributed by atoms with E-state index in [1.165, 1.54) is 70.5 Å². The van der Waals surface area contributed by atoms with Gasteiger partial charge >= 0.3 is 5.97 Å². The zero-order chi connectivity index (χ0) is 39.7. The van der Waals surface area contributed by atoms with E-state index in [0.29, 0.717) is 28.2 Å². The molecule has 0 radical (unpaired) electrons. The van der Waals surface area contributed by atoms with Crippen LogP contribution in [0, 0.1) is 47.3 Å². The van der Waals surface area contributed by atoms with Crippen molar-refractivity contribution < 1.29 is 19.1 Å². The first kappa shape index (κ1) is 42.3. The summed E-state index contributed by atoms with van der Waals surface area (Å²) in [6, 6.07) is 10.3. The second kappa shape index (κ2) is 15.7. The van der Waals surface area contributed by atoms with Crippen LogP contribution in [0.2, 0.25) is 0 Å². The van der Waals surface area contributed by atoms with Gasteiger partial charge in [-0.1, -0.05) is 53.2 Å². The molecule has 0 bridgehead atoms. The number of rotatable bonds is 6. The summed E-state index contributed by atoms with van der Waals surface area (Å²) in [7, 11) is 1.50. The highest BCUT2D eigenvalue weighted by molar-refractivity contribution is 7.99. The first-order chi connectivity index (χ1) is 24.9. The maximum Gasteiger partial charge on any atom is 0.308 e. The normalized spacial score (nSPS) is 30.8. The molecule has 288 valence electrons. The molecule has 53 heavy (non-hydrogen) atoms. The molecular formula is C46H64N2O4S. The van der Waals surface area contributed by atoms with Crippen molar-refractivity contribution in [3.05, 3.63) is 70.5 Å². The van der Waals surface area contributed by atoms with E-state index in [1.807, 2.05) is 43.8 Å². The van der Waals surface area contributed by atoms with Gasteiger partial charge in [0.1, 0.15) is 0 Å². The van der Waals surface area contributed by atoms with Crippen LogP contribution in [-0.4, -0.2) is 18.9 Å². The lowest BCUT2D eigenvalue weighted by molar-refractivity contribution is -0.156. The number of terminal acetylenes is 1. The number of nitrogens with one attached hydrogen (secondary N) is 1. The van der Waals surface area contributed by atoms with Gasteiger partial charge in [-0.15, -0.1) is 24.6 Å². The number of hydrogen-bond acceptors (Lipinski definition) is 6. The van der Waals surface area contributed by atoms with Gasteiger partial charge in [-0.05, 0) is 148 Å². The van der Waals surface area contributed by atoms with Crippen LogP contribution in [0.3, 0.4) is 0 Å². The lowest BCUT2D eigenvalue weighted by Gasteiger charge is -2.70. The Morgan fingerprint density at radius 2 is 1.53 bits per heavy atom. The average molecular weight is 741 g/mol. The summed E-state index contributed by atoms with van der Waals surface area (Å²) >= 11 is 1.85. The quantitative estimate of drug-likeness (QED) is 0.101. The number of esters is 1. The molecule has 0 spiro atoms. The smallest absolute Gasteiger partial charge is 0.308 e. The molecule has 0 aromatic heterocycles. The molecule has 6 nitrogen and oxygen atoms in total. The molecule has 7 heteroatoms. The molecule has 5 unspecified atom stereocenters. The summed E-state index contributed by atoms with van der Waals surface area (Å²) in [6.07, 6.45) is 21.2. The second-order valence-electron chi connectivity index (χ2n) is 17.4. The number of hydrogen-bond donors (Lipinski definition) is 2. The molecule has 3 N–H and O–H groups in total. The van der Waals surface area contributed by atoms with Crippen LogP contribution < -0.4 is 20.5 Å². The van der Waals surface area contributed by atoms with E-state index in [2.05, 4.69) is 96.6 Å². The molecule has 6 atom stereocenters. The van der Waals surface area contributed by atoms with E-state index >= 15 is 0 Å². The topological polar surface area (TPSA) is 90.6 Å². The summed E-state index contributed by atoms with van der Waals surface area (Å²) in [4.78, 5) is 25.4. The second-order valence-corrected chi connectivity index (χ2v) is 18.6. The fourth-order valence-electron chi connectivity index (χ4n) is 10.5. The number of carbonyl (C=O) groups excluding carboxylic acids is 2. The number of fused-ring (bicyclic) bond motifs is 7. The minimum atomic E-state index is -0.348. The zero-order valence-corrected chi connectivity index (χ0v) is 35.2. The lowest BCUT2D eigenvalue weighted by atomic mass is 9.34. The van der Waals surface area contributed by atoms with Crippen molar-refractivity contribution in [2.24, 2.45) is 33.3 Å². The lowest BCUT2D eigenvalue weighted by Crippen LogP contribution is -2.62. The van der Waals surface area contributed by atoms with E-state index in [0.717, 1.165) is 28.3 Å². The molecule has 0 aliphatic heterocycles. The molecule has 3 saturated carbocycles. The highest BCUT2D eigenvalue weighted by Gasteiger charge is 2.66. The number of nitrogens with two attached hydrogens (primary N) is 1. The van der Waals surface area contributed by atoms with E-state index in [9.17, 15) is 9.59 Å². The minimum absolute atomic E-state index is 0.0234. The van der Waals surface area contributed by atoms with Crippen molar-refractivity contribution in [2.75, 3.05) is 12.4 Å². The Labute approximate surface area is 324 Å². The van der Waals surface area contributed by atoms with Crippen LogP contribution in [-0.2, 0) is 15.0 Å². The SMILES string of the molecule is C#C.C/C=C(/C)Oc1c(OC(C)=O)cc2c(c1C)C(Sc1ccc(NC(C)=O)cc1)C=C1C2(C)CC[C@@]2(C)C3CC(C)(C)CCC3(C)CCC12C.CN. The summed E-state index contributed by atoms with van der Waals surface area (Å²) in [5.41, 5.74) is 11.1. The minimum Gasteiger partial charge on any atom is -0.458 e. The van der Waals surface area contributed by atoms with Crippen LogP contribution in [0.5, 0.6) is 11.5 Å². The van der Waals surface area contributed by atoms with Gasteiger partial charge in [0.15, 0.2) is 11.5 Å². The van der Waals surface area contributed by atoms with Crippen LogP contribution in [0.4, 0.5) is 5.69 Å². The molecule has 4 aliphatic carbocycles. The predicted molar refractivity (Wildman–Crippen MR) is 221 cm³/mol. The van der Waals surface area contributed by atoms with Crippen molar-refractivity contribution >= 4 is 29.3 Å². The average Bonchev–Trinajstić information content (AvgIpc) is 3.11. The standard InChI is InChI=1S/C43H57NO4S.C2H2.CH5N/c1-12-26(2)47-38-27(3)37-32(23-33(38)48-29(5)46)41(9)20-22-43(11)36-25-39(6,7)17-18-40(36,8)19-21-42(43,10)35(41)24-34(37)49-31-15-13-30(14-16-31)44-28(4)45;2*1-2/h12-16,23-24,34,36H,17-22,25H2,1-11H3,(H,44,45);1-2H;2H2,1H3/b26-12-;;/t34?,36?,40?,41?,42?,43-;;/m0../s1. The van der Waals surface area contributed by atoms with Crippen LogP contribution in [0.15, 0.2) is 58.7 Å². The first-order valence-corrected chi connectivity index (χ1v) is 20.1. The molecule has 2 aromatic rings. The van der Waals surface area contributed by atoms with Gasteiger partial charge in [-0.2, -0.15) is 0 Å². The monoisotopic (exact) mass is 740 g/mol. The highest BCUT2D eigenvalue weighted by atomic mass is 32.2. The third-order valence-electron chi connectivity index (χ3n) is 13.6. The Morgan fingerprint density at radius 1 is 0.906 bits per heavy atom. The Balaban J connectivity index is 0.00000152. The highest BCUT2D eigenvalue weighted by Crippen LogP contribution is 2.75. The molecule has 4 aliphatic rings. The van der Waals surface area contributed by atoms with E-state index < -0.39 is 0 Å². The summed E-state index contributed by atoms with van der Waals surface area (Å²) < 4.78 is 12.4. The molecule has 2 aromatic carbocycles. The largest absolute Gasteiger partial charge is 0.458 e. The number of thioether (sulfide) groups is 1. The van der Waals surface area contributed by atoms with Crippen molar-refractivity contribution in [3.8, 4) is 24.3 Å². The number of amides is 1. The van der Waals surface area contributed by atoms with E-state index in [4.69, 9.17) is 9.47 Å². The number of ether oxygens (including phenoxy) is 2. The number of allylic oxidation sites excluding steroid dienone is 3. The molecule has 0 heterocycles. The van der Waals surface area contributed by atoms with Gasteiger partial charge in [-0.25, -0.2) is 0 Å².